The number of rotatable bonds is 7. The van der Waals surface area contributed by atoms with Gasteiger partial charge in [0.25, 0.3) is 22.6 Å². The zero-order valence-corrected chi connectivity index (χ0v) is 23.9. The fourth-order valence-corrected chi connectivity index (χ4v) is 4.08. The largest absolute Gasteiger partial charge is 0.743 e. The summed E-state index contributed by atoms with van der Waals surface area (Å²) in [5.74, 6) is 0.526. The minimum atomic E-state index is -7.12. The highest BCUT2D eigenvalue weighted by atomic mass is 127. The lowest BCUT2D eigenvalue weighted by Gasteiger charge is -2.31. The van der Waals surface area contributed by atoms with Crippen molar-refractivity contribution in [3.05, 3.63) is 70.3 Å². The molecule has 0 saturated heterocycles. The van der Waals surface area contributed by atoms with E-state index in [0.29, 0.717) is 0 Å². The predicted octanol–water partition coefficient (Wildman–Crippen LogP) is 3.24. The number of halogens is 10. The normalized spacial score (nSPS) is 13.0. The van der Waals surface area contributed by atoms with E-state index in [-0.39, 0.29) is 11.5 Å². The van der Waals surface area contributed by atoms with Crippen LogP contribution in [0.2, 0.25) is 0 Å². The van der Waals surface area contributed by atoms with Crippen molar-refractivity contribution in [3.63, 3.8) is 0 Å². The molecule has 0 bridgehead atoms. The van der Waals surface area contributed by atoms with Crippen molar-refractivity contribution in [1.82, 2.24) is 0 Å². The zero-order chi connectivity index (χ0) is 30.0. The fourth-order valence-electron chi connectivity index (χ4n) is 2.76. The molecule has 3 rings (SSSR count). The average Bonchev–Trinajstić information content (AvgIpc) is 2.78. The van der Waals surface area contributed by atoms with Crippen molar-refractivity contribution in [2.24, 2.45) is 0 Å². The maximum atomic E-state index is 12.4. The van der Waals surface area contributed by atoms with Crippen LogP contribution >= 0.6 is 22.6 Å². The molecule has 0 unspecified atom stereocenters. The molecule has 0 aliphatic carbocycles. The van der Waals surface area contributed by atoms with Crippen molar-refractivity contribution in [2.45, 2.75) is 21.4 Å². The van der Waals surface area contributed by atoms with Crippen LogP contribution in [0.5, 0.6) is 11.5 Å². The zero-order valence-electron chi connectivity index (χ0n) is 18.6. The summed E-state index contributed by atoms with van der Waals surface area (Å²) in [4.78, 5) is 0. The van der Waals surface area contributed by atoms with E-state index in [4.69, 9.17) is 0 Å². The van der Waals surface area contributed by atoms with Crippen LogP contribution in [0.4, 0.5) is 35.1 Å². The quantitative estimate of drug-likeness (QED) is 0.165. The summed E-state index contributed by atoms with van der Waals surface area (Å²) < 4.78 is 125. The Labute approximate surface area is 242 Å². The summed E-state index contributed by atoms with van der Waals surface area (Å²) in [5.41, 5.74) is 4.38. The number of phenolic OH excluding ortho intramolecular Hbond substituents is 2. The van der Waals surface area contributed by atoms with Crippen LogP contribution < -0.4 is 22.6 Å². The van der Waals surface area contributed by atoms with Crippen molar-refractivity contribution >= 4 is 32.7 Å². The van der Waals surface area contributed by atoms with Crippen LogP contribution in [0, 0.1) is 3.57 Å². The SMILES string of the molecule is O=S(=O)([O-])C(F)(F)C(F)(F)OC(F)(F)C(F)(F)I.Oc1ccc(-c2cccc([IH+])c2-c2ccc(O)cc2)cc1. The van der Waals surface area contributed by atoms with Crippen LogP contribution in [0.1, 0.15) is 0 Å². The lowest BCUT2D eigenvalue weighted by Crippen LogP contribution is -3.34. The first-order valence-electron chi connectivity index (χ1n) is 9.85. The Bertz CT molecular complexity index is 1400. The maximum absolute atomic E-state index is 12.4. The van der Waals surface area contributed by atoms with Gasteiger partial charge in [-0.2, -0.15) is 35.1 Å². The van der Waals surface area contributed by atoms with Gasteiger partial charge in [-0.1, -0.05) is 36.4 Å². The highest BCUT2D eigenvalue weighted by Crippen LogP contribution is 2.48. The number of aromatic hydroxyl groups is 2. The molecule has 0 aliphatic heterocycles. The molecule has 214 valence electrons. The summed E-state index contributed by atoms with van der Waals surface area (Å²) in [5, 5.41) is 12.3. The maximum Gasteiger partial charge on any atom is 0.438 e. The van der Waals surface area contributed by atoms with E-state index in [1.807, 2.05) is 57.7 Å². The van der Waals surface area contributed by atoms with E-state index in [9.17, 15) is 58.3 Å². The summed E-state index contributed by atoms with van der Waals surface area (Å²) in [6.07, 6.45) is -12.8. The molecule has 0 saturated carbocycles. The predicted molar refractivity (Wildman–Crippen MR) is 125 cm³/mol. The molecule has 0 fully saturated rings. The van der Waals surface area contributed by atoms with E-state index >= 15 is 0 Å². The van der Waals surface area contributed by atoms with Crippen LogP contribution in [-0.2, 0) is 14.9 Å². The van der Waals surface area contributed by atoms with Gasteiger partial charge in [0.1, 0.15) is 11.5 Å². The first kappa shape index (κ1) is 33.2. The first-order valence-corrected chi connectivity index (χ1v) is 13.5. The van der Waals surface area contributed by atoms with Gasteiger partial charge in [-0.25, -0.2) is 13.2 Å². The Kier molecular flexibility index (Phi) is 10.1. The highest BCUT2D eigenvalue weighted by Gasteiger charge is 2.71. The Morgan fingerprint density at radius 3 is 1.59 bits per heavy atom. The van der Waals surface area contributed by atoms with Crippen LogP contribution in [-0.4, -0.2) is 44.6 Å². The summed E-state index contributed by atoms with van der Waals surface area (Å²) in [6, 6.07) is 20.6. The second kappa shape index (κ2) is 11.9. The average molecular weight is 812 g/mol. The fraction of sp³-hybridized carbons (Fsp3) is 0.182. The van der Waals surface area contributed by atoms with Gasteiger partial charge in [0.05, 0.1) is 0 Å². The molecule has 0 aromatic heterocycles. The van der Waals surface area contributed by atoms with E-state index < -0.39 is 54.1 Å². The molecule has 0 atom stereocenters. The summed E-state index contributed by atoms with van der Waals surface area (Å²) >= 11 is 1.59. The van der Waals surface area contributed by atoms with E-state index in [0.717, 1.165) is 22.3 Å². The second-order valence-corrected chi connectivity index (χ2v) is 11.4. The lowest BCUT2D eigenvalue weighted by molar-refractivity contribution is -0.438. The standard InChI is InChI=1S/C18H13IO2.C4HF8IO4S/c19-17-3-1-2-16(12-4-8-14(20)9-5-12)18(17)13-6-10-15(21)11-7-13;5-1(6,13)2(7,8)17-3(9,10)4(11,12)18(14,15)16/h1-11,19H,(H-,20,21);(H,14,15,16). The molecular formula is C22H14F8I2O6S. The molecule has 17 heteroatoms. The van der Waals surface area contributed by atoms with E-state index in [2.05, 4.69) is 12.1 Å². The minimum absolute atomic E-state index is 0.262. The molecule has 0 radical (unpaired) electrons. The van der Waals surface area contributed by atoms with Gasteiger partial charge in [0.2, 0.25) is 0 Å². The van der Waals surface area contributed by atoms with Crippen molar-refractivity contribution in [3.8, 4) is 33.8 Å². The molecule has 0 spiro atoms. The topological polar surface area (TPSA) is 107 Å². The number of ether oxygens (including phenoxy) is 1. The molecule has 0 amide bonds. The molecule has 0 aliphatic rings. The Morgan fingerprint density at radius 1 is 0.744 bits per heavy atom. The number of alkyl halides is 9. The molecular weight excluding hydrogens is 798 g/mol. The number of phenols is 2. The number of benzene rings is 3. The Morgan fingerprint density at radius 2 is 1.18 bits per heavy atom. The van der Waals surface area contributed by atoms with Crippen LogP contribution in [0.3, 0.4) is 0 Å². The van der Waals surface area contributed by atoms with E-state index in [1.165, 1.54) is 3.57 Å². The van der Waals surface area contributed by atoms with Gasteiger partial charge in [-0.05, 0) is 47.0 Å². The van der Waals surface area contributed by atoms with Gasteiger partial charge in [-0.15, -0.1) is 0 Å². The monoisotopic (exact) mass is 812 g/mol. The van der Waals surface area contributed by atoms with Crippen LogP contribution in [0.15, 0.2) is 66.7 Å². The first-order chi connectivity index (χ1) is 17.6. The minimum Gasteiger partial charge on any atom is -0.743 e. The molecule has 6 nitrogen and oxygen atoms in total. The summed E-state index contributed by atoms with van der Waals surface area (Å²) in [7, 11) is -7.12. The molecule has 3 aromatic rings. The van der Waals surface area contributed by atoms with Crippen molar-refractivity contribution in [1.29, 1.82) is 0 Å². The third kappa shape index (κ3) is 7.82. The second-order valence-electron chi connectivity index (χ2n) is 7.38. The molecule has 3 aromatic carbocycles. The molecule has 0 heterocycles. The Balaban J connectivity index is 0.000000278. The summed E-state index contributed by atoms with van der Waals surface area (Å²) in [6.45, 7) is 0. The highest BCUT2D eigenvalue weighted by molar-refractivity contribution is 14.1. The van der Waals surface area contributed by atoms with Gasteiger partial charge < -0.3 is 14.8 Å². The van der Waals surface area contributed by atoms with Gasteiger partial charge in [-0.3, -0.25) is 0 Å². The van der Waals surface area contributed by atoms with Crippen molar-refractivity contribution in [2.75, 3.05) is 0 Å². The Hall–Kier alpha value is -1.97. The third-order valence-electron chi connectivity index (χ3n) is 4.60. The van der Waals surface area contributed by atoms with Crippen molar-refractivity contribution < 1.29 is 85.6 Å². The number of hydrogen-bond donors (Lipinski definition) is 2. The van der Waals surface area contributed by atoms with Gasteiger partial charge in [0.15, 0.2) is 13.7 Å². The van der Waals surface area contributed by atoms with Gasteiger partial charge >= 0.3 is 21.4 Å². The smallest absolute Gasteiger partial charge is 0.438 e. The number of hydrogen-bond acceptors (Lipinski definition) is 6. The molecule has 39 heavy (non-hydrogen) atoms. The van der Waals surface area contributed by atoms with Crippen LogP contribution in [0.25, 0.3) is 22.3 Å². The van der Waals surface area contributed by atoms with E-state index in [1.54, 1.807) is 24.3 Å². The van der Waals surface area contributed by atoms with Gasteiger partial charge in [0, 0.05) is 28.2 Å². The molecule has 2 N–H and O–H groups in total. The third-order valence-corrected chi connectivity index (χ3v) is 7.06. The lowest BCUT2D eigenvalue weighted by atomic mass is 9.94.